The number of urea groups is 1. The van der Waals surface area contributed by atoms with Gasteiger partial charge in [-0.05, 0) is 30.5 Å². The third-order valence-electron chi connectivity index (χ3n) is 5.25. The predicted molar refractivity (Wildman–Crippen MR) is 121 cm³/mol. The van der Waals surface area contributed by atoms with E-state index in [0.29, 0.717) is 27.9 Å². The van der Waals surface area contributed by atoms with Gasteiger partial charge in [0, 0.05) is 36.7 Å². The molecule has 0 aromatic heterocycles. The molecule has 2 heterocycles. The van der Waals surface area contributed by atoms with E-state index in [1.807, 2.05) is 36.4 Å². The van der Waals surface area contributed by atoms with Crippen molar-refractivity contribution < 1.29 is 14.3 Å². The molecule has 2 N–H and O–H groups in total. The highest BCUT2D eigenvalue weighted by Crippen LogP contribution is 2.53. The van der Waals surface area contributed by atoms with Crippen molar-refractivity contribution in [2.75, 3.05) is 30.9 Å². The monoisotopic (exact) mass is 443 g/mol. The number of carbonyl (C=O) groups excluding carboxylic acids is 2. The smallest absolute Gasteiger partial charge is 0.318 e. The van der Waals surface area contributed by atoms with E-state index in [-0.39, 0.29) is 23.1 Å². The summed E-state index contributed by atoms with van der Waals surface area (Å²) in [6.45, 7) is 0.552. The van der Waals surface area contributed by atoms with E-state index in [2.05, 4.69) is 16.7 Å². The van der Waals surface area contributed by atoms with Crippen molar-refractivity contribution in [1.82, 2.24) is 5.32 Å². The summed E-state index contributed by atoms with van der Waals surface area (Å²) in [5.74, 6) is 0.875. The Morgan fingerprint density at radius 1 is 1.23 bits per heavy atom. The van der Waals surface area contributed by atoms with Gasteiger partial charge in [-0.1, -0.05) is 35.9 Å². The number of hydrogen-bond acceptors (Lipinski definition) is 4. The first-order valence-electron chi connectivity index (χ1n) is 9.64. The minimum absolute atomic E-state index is 0.0680. The number of thioether (sulfide) groups is 1. The molecule has 3 amide bonds. The zero-order valence-corrected chi connectivity index (χ0v) is 18.2. The van der Waals surface area contributed by atoms with Crippen molar-refractivity contribution in [3.63, 3.8) is 0 Å². The maximum absolute atomic E-state index is 13.1. The average molecular weight is 444 g/mol. The molecule has 2 unspecified atom stereocenters. The van der Waals surface area contributed by atoms with E-state index in [0.717, 1.165) is 17.7 Å². The Morgan fingerprint density at radius 3 is 2.80 bits per heavy atom. The van der Waals surface area contributed by atoms with Gasteiger partial charge >= 0.3 is 6.03 Å². The van der Waals surface area contributed by atoms with Gasteiger partial charge in [0.2, 0.25) is 0 Å². The number of fused-ring (bicyclic) bond motifs is 3. The molecule has 0 aliphatic carbocycles. The van der Waals surface area contributed by atoms with Crippen molar-refractivity contribution in [2.45, 2.75) is 11.7 Å². The van der Waals surface area contributed by atoms with Gasteiger partial charge in [-0.15, -0.1) is 11.8 Å². The summed E-state index contributed by atoms with van der Waals surface area (Å²) in [6.07, 6.45) is 2.87. The largest absolute Gasteiger partial charge is 0.493 e. The van der Waals surface area contributed by atoms with Crippen LogP contribution >= 0.6 is 23.4 Å². The van der Waals surface area contributed by atoms with Crippen molar-refractivity contribution in [3.05, 3.63) is 64.0 Å². The second kappa shape index (κ2) is 8.62. The Labute approximate surface area is 184 Å². The van der Waals surface area contributed by atoms with E-state index >= 15 is 0 Å². The zero-order valence-electron chi connectivity index (χ0n) is 16.6. The summed E-state index contributed by atoms with van der Waals surface area (Å²) in [5, 5.41) is 5.93. The number of halogens is 1. The van der Waals surface area contributed by atoms with Crippen LogP contribution in [0.4, 0.5) is 16.2 Å². The lowest BCUT2D eigenvalue weighted by molar-refractivity contribution is -0.114. The fourth-order valence-electron chi connectivity index (χ4n) is 3.66. The molecule has 2 aliphatic heterocycles. The number of rotatable bonds is 3. The molecule has 0 spiro atoms. The maximum atomic E-state index is 13.1. The van der Waals surface area contributed by atoms with Gasteiger partial charge in [0.15, 0.2) is 0 Å². The molecular weight excluding hydrogens is 422 g/mol. The number of amides is 3. The molecule has 2 aromatic rings. The summed E-state index contributed by atoms with van der Waals surface area (Å²) in [4.78, 5) is 27.0. The minimum Gasteiger partial charge on any atom is -0.493 e. The summed E-state index contributed by atoms with van der Waals surface area (Å²) < 4.78 is 5.94. The number of nitrogens with zero attached hydrogens (tertiary/aromatic N) is 1. The lowest BCUT2D eigenvalue weighted by Crippen LogP contribution is -2.26. The topological polar surface area (TPSA) is 70.7 Å². The SMILES string of the molecule is CNC(=O)Nc1ccc2c(c1)OCCC1C=C(C(=O)N(C)c3ccccc3Cl)SC21. The number of ether oxygens (including phenoxy) is 1. The van der Waals surface area contributed by atoms with E-state index in [9.17, 15) is 9.59 Å². The zero-order chi connectivity index (χ0) is 21.3. The number of allylic oxidation sites excluding steroid dienone is 1. The lowest BCUT2D eigenvalue weighted by Gasteiger charge is -2.20. The summed E-state index contributed by atoms with van der Waals surface area (Å²) >= 11 is 7.83. The molecule has 4 rings (SSSR count). The highest BCUT2D eigenvalue weighted by Gasteiger charge is 2.37. The van der Waals surface area contributed by atoms with E-state index in [1.54, 1.807) is 36.8 Å². The Bertz CT molecular complexity index is 1030. The van der Waals surface area contributed by atoms with Crippen molar-refractivity contribution in [1.29, 1.82) is 0 Å². The first kappa shape index (κ1) is 20.6. The summed E-state index contributed by atoms with van der Waals surface area (Å²) in [6, 6.07) is 12.7. The number of hydrogen-bond donors (Lipinski definition) is 2. The Kier molecular flexibility index (Phi) is 5.92. The van der Waals surface area contributed by atoms with Gasteiger partial charge in [0.25, 0.3) is 5.91 Å². The van der Waals surface area contributed by atoms with Crippen LogP contribution in [0.5, 0.6) is 5.75 Å². The number of anilines is 2. The van der Waals surface area contributed by atoms with Gasteiger partial charge in [-0.25, -0.2) is 4.79 Å². The highest BCUT2D eigenvalue weighted by molar-refractivity contribution is 8.04. The number of nitrogens with one attached hydrogen (secondary N) is 2. The summed E-state index contributed by atoms with van der Waals surface area (Å²) in [7, 11) is 3.31. The third-order valence-corrected chi connectivity index (χ3v) is 6.99. The fraction of sp³-hybridized carbons (Fsp3) is 0.273. The molecule has 8 heteroatoms. The van der Waals surface area contributed by atoms with Gasteiger partial charge < -0.3 is 20.3 Å². The normalized spacial score (nSPS) is 19.5. The van der Waals surface area contributed by atoms with Crippen LogP contribution < -0.4 is 20.3 Å². The standard InChI is InChI=1S/C22H22ClN3O3S/c1-24-22(28)25-14-7-8-15-18(12-14)29-10-9-13-11-19(30-20(13)15)21(27)26(2)17-6-4-3-5-16(17)23/h3-8,11-13,20H,9-10H2,1-2H3,(H2,24,25,28). The Morgan fingerprint density at radius 2 is 2.03 bits per heavy atom. The van der Waals surface area contributed by atoms with Crippen LogP contribution in [0.25, 0.3) is 0 Å². The van der Waals surface area contributed by atoms with Crippen LogP contribution in [-0.4, -0.2) is 32.6 Å². The van der Waals surface area contributed by atoms with Crippen LogP contribution in [0.1, 0.15) is 17.2 Å². The van der Waals surface area contributed by atoms with Crippen molar-refractivity contribution in [2.24, 2.45) is 5.92 Å². The van der Waals surface area contributed by atoms with Crippen molar-refractivity contribution >= 4 is 46.7 Å². The van der Waals surface area contributed by atoms with Crippen LogP contribution in [0.3, 0.4) is 0 Å². The molecule has 156 valence electrons. The number of benzene rings is 2. The molecule has 2 aromatic carbocycles. The molecule has 0 saturated heterocycles. The van der Waals surface area contributed by atoms with Crippen LogP contribution in [0.15, 0.2) is 53.4 Å². The second-order valence-electron chi connectivity index (χ2n) is 7.14. The predicted octanol–water partition coefficient (Wildman–Crippen LogP) is 4.82. The first-order chi connectivity index (χ1) is 14.5. The summed E-state index contributed by atoms with van der Waals surface area (Å²) in [5.41, 5.74) is 2.38. The molecule has 0 fully saturated rings. The molecule has 0 saturated carbocycles. The van der Waals surface area contributed by atoms with Crippen LogP contribution in [0.2, 0.25) is 5.02 Å². The molecule has 2 aliphatic rings. The average Bonchev–Trinajstić information content (AvgIpc) is 3.09. The van der Waals surface area contributed by atoms with Gasteiger partial charge in [0.05, 0.1) is 22.2 Å². The van der Waals surface area contributed by atoms with Gasteiger partial charge in [-0.3, -0.25) is 4.79 Å². The first-order valence-corrected chi connectivity index (χ1v) is 10.9. The molecule has 0 radical (unpaired) electrons. The lowest BCUT2D eigenvalue weighted by atomic mass is 9.96. The molecule has 6 nitrogen and oxygen atoms in total. The van der Waals surface area contributed by atoms with E-state index < -0.39 is 0 Å². The van der Waals surface area contributed by atoms with Gasteiger partial charge in [0.1, 0.15) is 5.75 Å². The Balaban J connectivity index is 1.56. The number of carbonyl (C=O) groups is 2. The van der Waals surface area contributed by atoms with E-state index in [4.69, 9.17) is 16.3 Å². The molecule has 0 bridgehead atoms. The van der Waals surface area contributed by atoms with Crippen molar-refractivity contribution in [3.8, 4) is 5.75 Å². The van der Waals surface area contributed by atoms with E-state index in [1.165, 1.54) is 0 Å². The number of likely N-dealkylation sites (N-methyl/N-ethyl adjacent to an activating group) is 1. The fourth-order valence-corrected chi connectivity index (χ4v) is 5.40. The maximum Gasteiger partial charge on any atom is 0.318 e. The van der Waals surface area contributed by atoms with Crippen LogP contribution in [-0.2, 0) is 4.79 Å². The third kappa shape index (κ3) is 4.00. The minimum atomic E-state index is -0.283. The highest BCUT2D eigenvalue weighted by atomic mass is 35.5. The molecular formula is C22H22ClN3O3S. The number of para-hydroxylation sites is 1. The Hall–Kier alpha value is -2.64. The van der Waals surface area contributed by atoms with Gasteiger partial charge in [-0.2, -0.15) is 0 Å². The second-order valence-corrected chi connectivity index (χ2v) is 8.73. The van der Waals surface area contributed by atoms with Crippen LogP contribution in [0, 0.1) is 5.92 Å². The molecule has 30 heavy (non-hydrogen) atoms. The molecule has 2 atom stereocenters. The quantitative estimate of drug-likeness (QED) is 0.713.